The number of hydrogen-bond donors (Lipinski definition) is 1. The zero-order chi connectivity index (χ0) is 19.6. The van der Waals surface area contributed by atoms with E-state index < -0.39 is 0 Å². The molecule has 0 bridgehead atoms. The Morgan fingerprint density at radius 2 is 2.07 bits per heavy atom. The fraction of sp³-hybridized carbons (Fsp3) is 0.500. The van der Waals surface area contributed by atoms with Gasteiger partial charge >= 0.3 is 0 Å². The quantitative estimate of drug-likeness (QED) is 0.887. The summed E-state index contributed by atoms with van der Waals surface area (Å²) in [6.45, 7) is 5.04. The third kappa shape index (κ3) is 3.81. The molecular formula is C22H28N4O2. The average Bonchev–Trinajstić information content (AvgIpc) is 3.16. The molecule has 2 amide bonds. The van der Waals surface area contributed by atoms with Crippen LogP contribution in [0.15, 0.2) is 36.8 Å². The third-order valence-corrected chi connectivity index (χ3v) is 6.44. The van der Waals surface area contributed by atoms with Gasteiger partial charge in [0.1, 0.15) is 0 Å². The van der Waals surface area contributed by atoms with Crippen LogP contribution in [-0.4, -0.2) is 57.8 Å². The van der Waals surface area contributed by atoms with E-state index in [-0.39, 0.29) is 17.2 Å². The Labute approximate surface area is 165 Å². The van der Waals surface area contributed by atoms with E-state index in [1.54, 1.807) is 6.20 Å². The molecule has 0 saturated carbocycles. The Balaban J connectivity index is 1.36. The lowest BCUT2D eigenvalue weighted by molar-refractivity contribution is -0.138. The van der Waals surface area contributed by atoms with Crippen LogP contribution >= 0.6 is 0 Å². The fourth-order valence-corrected chi connectivity index (χ4v) is 4.56. The maximum absolute atomic E-state index is 12.8. The first-order valence-corrected chi connectivity index (χ1v) is 10.2. The van der Waals surface area contributed by atoms with Crippen LogP contribution in [-0.2, 0) is 11.2 Å². The SMILES string of the molecule is Cc1[nH]ccc1C(=O)N1CCC2(CCC(=O)N(CCc3cccnc3)C2)CC1. The van der Waals surface area contributed by atoms with Crippen molar-refractivity contribution in [2.45, 2.75) is 39.0 Å². The second-order valence-corrected chi connectivity index (χ2v) is 8.24. The second kappa shape index (κ2) is 7.78. The third-order valence-electron chi connectivity index (χ3n) is 6.44. The Morgan fingerprint density at radius 1 is 1.25 bits per heavy atom. The molecule has 2 aromatic rings. The van der Waals surface area contributed by atoms with Gasteiger partial charge in [-0.3, -0.25) is 14.6 Å². The van der Waals surface area contributed by atoms with Crippen molar-refractivity contribution in [1.29, 1.82) is 0 Å². The summed E-state index contributed by atoms with van der Waals surface area (Å²) in [5.74, 6) is 0.380. The lowest BCUT2D eigenvalue weighted by atomic mass is 9.72. The van der Waals surface area contributed by atoms with Gasteiger partial charge in [-0.1, -0.05) is 6.07 Å². The maximum Gasteiger partial charge on any atom is 0.255 e. The van der Waals surface area contributed by atoms with Crippen molar-refractivity contribution >= 4 is 11.8 Å². The highest BCUT2D eigenvalue weighted by molar-refractivity contribution is 5.95. The standard InChI is InChI=1S/C22H28N4O2/c1-17-19(5-11-24-17)21(28)25-13-8-22(9-14-25)7-4-20(27)26(16-22)12-6-18-3-2-10-23-15-18/h2-3,5,10-11,15,24H,4,6-9,12-14,16H2,1H3. The molecule has 6 heteroatoms. The van der Waals surface area contributed by atoms with Crippen molar-refractivity contribution in [1.82, 2.24) is 19.8 Å². The van der Waals surface area contributed by atoms with E-state index in [0.717, 1.165) is 68.7 Å². The van der Waals surface area contributed by atoms with E-state index in [4.69, 9.17) is 0 Å². The summed E-state index contributed by atoms with van der Waals surface area (Å²) in [4.78, 5) is 36.5. The highest BCUT2D eigenvalue weighted by Crippen LogP contribution is 2.40. The van der Waals surface area contributed by atoms with Gasteiger partial charge in [-0.05, 0) is 55.7 Å². The molecule has 4 rings (SSSR count). The van der Waals surface area contributed by atoms with Crippen LogP contribution in [0.5, 0.6) is 0 Å². The number of pyridine rings is 1. The number of amides is 2. The van der Waals surface area contributed by atoms with Gasteiger partial charge in [0.25, 0.3) is 5.91 Å². The number of likely N-dealkylation sites (tertiary alicyclic amines) is 2. The van der Waals surface area contributed by atoms with Crippen molar-refractivity contribution in [3.05, 3.63) is 53.6 Å². The lowest BCUT2D eigenvalue weighted by Crippen LogP contribution is -2.52. The Bertz CT molecular complexity index is 837. The average molecular weight is 380 g/mol. The van der Waals surface area contributed by atoms with E-state index in [1.165, 1.54) is 0 Å². The number of nitrogens with one attached hydrogen (secondary N) is 1. The molecule has 0 unspecified atom stereocenters. The first kappa shape index (κ1) is 18.7. The molecule has 148 valence electrons. The van der Waals surface area contributed by atoms with Gasteiger partial charge in [0.05, 0.1) is 5.56 Å². The van der Waals surface area contributed by atoms with Crippen LogP contribution in [0.2, 0.25) is 0 Å². The molecule has 1 N–H and O–H groups in total. The predicted octanol–water partition coefficient (Wildman–Crippen LogP) is 2.81. The molecule has 1 spiro atoms. The molecular weight excluding hydrogens is 352 g/mol. The van der Waals surface area contributed by atoms with Crippen LogP contribution in [0.3, 0.4) is 0 Å². The first-order valence-electron chi connectivity index (χ1n) is 10.2. The molecule has 4 heterocycles. The molecule has 2 aliphatic heterocycles. The molecule has 2 aromatic heterocycles. The lowest BCUT2D eigenvalue weighted by Gasteiger charge is -2.47. The number of hydrogen-bond acceptors (Lipinski definition) is 3. The zero-order valence-electron chi connectivity index (χ0n) is 16.5. The van der Waals surface area contributed by atoms with E-state index in [2.05, 4.69) is 16.0 Å². The normalized spacial score (nSPS) is 19.2. The predicted molar refractivity (Wildman–Crippen MR) is 107 cm³/mol. The molecule has 0 radical (unpaired) electrons. The highest BCUT2D eigenvalue weighted by Gasteiger charge is 2.41. The summed E-state index contributed by atoms with van der Waals surface area (Å²) in [5, 5.41) is 0. The monoisotopic (exact) mass is 380 g/mol. The maximum atomic E-state index is 12.8. The minimum atomic E-state index is 0.119. The van der Waals surface area contributed by atoms with E-state index >= 15 is 0 Å². The van der Waals surface area contributed by atoms with Gasteiger partial charge in [-0.15, -0.1) is 0 Å². The second-order valence-electron chi connectivity index (χ2n) is 8.24. The van der Waals surface area contributed by atoms with Gasteiger partial charge in [-0.2, -0.15) is 0 Å². The first-order chi connectivity index (χ1) is 13.6. The number of carbonyl (C=O) groups is 2. The topological polar surface area (TPSA) is 69.3 Å². The van der Waals surface area contributed by atoms with Gasteiger partial charge in [-0.25, -0.2) is 0 Å². The number of aromatic amines is 1. The Hall–Kier alpha value is -2.63. The molecule has 2 fully saturated rings. The van der Waals surface area contributed by atoms with Crippen LogP contribution in [0, 0.1) is 12.3 Å². The fourth-order valence-electron chi connectivity index (χ4n) is 4.56. The summed E-state index contributed by atoms with van der Waals surface area (Å²) in [6.07, 6.45) is 9.82. The molecule has 2 saturated heterocycles. The van der Waals surface area contributed by atoms with Crippen molar-refractivity contribution in [3.8, 4) is 0 Å². The molecule has 6 nitrogen and oxygen atoms in total. The Kier molecular flexibility index (Phi) is 5.20. The summed E-state index contributed by atoms with van der Waals surface area (Å²) in [7, 11) is 0. The minimum Gasteiger partial charge on any atom is -0.365 e. The molecule has 0 aromatic carbocycles. The number of nitrogens with zero attached hydrogens (tertiary/aromatic N) is 3. The molecule has 28 heavy (non-hydrogen) atoms. The van der Waals surface area contributed by atoms with Crippen LogP contribution in [0.1, 0.15) is 47.3 Å². The van der Waals surface area contributed by atoms with Crippen molar-refractivity contribution in [2.24, 2.45) is 5.41 Å². The number of aromatic nitrogens is 2. The number of rotatable bonds is 4. The summed E-state index contributed by atoms with van der Waals surface area (Å²) < 4.78 is 0. The van der Waals surface area contributed by atoms with Crippen LogP contribution in [0.4, 0.5) is 0 Å². The number of piperidine rings is 2. The van der Waals surface area contributed by atoms with Gasteiger partial charge in [0.2, 0.25) is 5.91 Å². The van der Waals surface area contributed by atoms with Crippen molar-refractivity contribution in [3.63, 3.8) is 0 Å². The summed E-state index contributed by atoms with van der Waals surface area (Å²) >= 11 is 0. The van der Waals surface area contributed by atoms with E-state index in [1.807, 2.05) is 41.2 Å². The minimum absolute atomic E-state index is 0.119. The highest BCUT2D eigenvalue weighted by atomic mass is 16.2. The van der Waals surface area contributed by atoms with Crippen LogP contribution in [0.25, 0.3) is 0 Å². The number of carbonyl (C=O) groups excluding carboxylic acids is 2. The number of aryl methyl sites for hydroxylation is 1. The molecule has 2 aliphatic rings. The van der Waals surface area contributed by atoms with Crippen molar-refractivity contribution in [2.75, 3.05) is 26.2 Å². The van der Waals surface area contributed by atoms with E-state index in [0.29, 0.717) is 6.42 Å². The summed E-state index contributed by atoms with van der Waals surface area (Å²) in [6, 6.07) is 5.86. The van der Waals surface area contributed by atoms with Crippen molar-refractivity contribution < 1.29 is 9.59 Å². The smallest absolute Gasteiger partial charge is 0.255 e. The molecule has 0 atom stereocenters. The Morgan fingerprint density at radius 3 is 2.75 bits per heavy atom. The van der Waals surface area contributed by atoms with Crippen LogP contribution < -0.4 is 0 Å². The zero-order valence-corrected chi connectivity index (χ0v) is 16.5. The largest absolute Gasteiger partial charge is 0.365 e. The summed E-state index contributed by atoms with van der Waals surface area (Å²) in [5.41, 5.74) is 3.02. The van der Waals surface area contributed by atoms with E-state index in [9.17, 15) is 9.59 Å². The van der Waals surface area contributed by atoms with Gasteiger partial charge < -0.3 is 14.8 Å². The number of H-pyrrole nitrogens is 1. The molecule has 0 aliphatic carbocycles. The van der Waals surface area contributed by atoms with Gasteiger partial charge in [0.15, 0.2) is 0 Å². The van der Waals surface area contributed by atoms with Gasteiger partial charge in [0, 0.05) is 56.9 Å².